The molecule has 9 nitrogen and oxygen atoms in total. The Balaban J connectivity index is 0.997. The number of anilines is 1. The van der Waals surface area contributed by atoms with Gasteiger partial charge in [-0.2, -0.15) is 0 Å². The second-order valence-corrected chi connectivity index (χ2v) is 15.0. The van der Waals surface area contributed by atoms with Crippen LogP contribution in [0.15, 0.2) is 97.1 Å². The molecule has 2 aliphatic rings. The third kappa shape index (κ3) is 8.33. The molecule has 276 valence electrons. The summed E-state index contributed by atoms with van der Waals surface area (Å²) < 4.78 is 25.7. The fourth-order valence-electron chi connectivity index (χ4n) is 7.51. The van der Waals surface area contributed by atoms with E-state index in [1.54, 1.807) is 12.1 Å². The van der Waals surface area contributed by atoms with Gasteiger partial charge in [0.1, 0.15) is 17.2 Å². The number of fused-ring (bicyclic) bond motifs is 1. The highest BCUT2D eigenvalue weighted by atomic mass is 19.1. The summed E-state index contributed by atoms with van der Waals surface area (Å²) in [6.07, 6.45) is 1.93. The number of hydrogen-bond donors (Lipinski definition) is 2. The zero-order valence-electron chi connectivity index (χ0n) is 30.9. The number of piperazine rings is 1. The lowest BCUT2D eigenvalue weighted by Crippen LogP contribution is -2.55. The predicted molar refractivity (Wildman–Crippen MR) is 207 cm³/mol. The summed E-state index contributed by atoms with van der Waals surface area (Å²) in [5.74, 6) is -0.222. The molecule has 2 aliphatic heterocycles. The average Bonchev–Trinajstić information content (AvgIpc) is 3.61. The number of carbonyl (C=O) groups excluding carboxylic acids is 2. The van der Waals surface area contributed by atoms with Crippen LogP contribution in [0.5, 0.6) is 5.75 Å². The molecular formula is C43H48FN5O4. The Morgan fingerprint density at radius 1 is 0.830 bits per heavy atom. The summed E-state index contributed by atoms with van der Waals surface area (Å²) in [5, 5.41) is 4.14. The Morgan fingerprint density at radius 2 is 1.57 bits per heavy atom. The van der Waals surface area contributed by atoms with E-state index in [-0.39, 0.29) is 12.0 Å². The van der Waals surface area contributed by atoms with Crippen molar-refractivity contribution in [3.63, 3.8) is 0 Å². The van der Waals surface area contributed by atoms with Crippen LogP contribution < -0.4 is 15.0 Å². The van der Waals surface area contributed by atoms with Gasteiger partial charge in [0.05, 0.1) is 13.2 Å². The quantitative estimate of drug-likeness (QED) is 0.169. The highest BCUT2D eigenvalue weighted by Gasteiger charge is 2.31. The monoisotopic (exact) mass is 717 g/mol. The lowest BCUT2D eigenvalue weighted by atomic mass is 9.99. The smallest absolute Gasteiger partial charge is 0.410 e. The van der Waals surface area contributed by atoms with Crippen LogP contribution in [-0.2, 0) is 4.74 Å². The third-order valence-electron chi connectivity index (χ3n) is 10.3. The van der Waals surface area contributed by atoms with Crippen molar-refractivity contribution in [3.8, 4) is 16.9 Å². The number of piperidine rings is 1. The van der Waals surface area contributed by atoms with Gasteiger partial charge < -0.3 is 29.6 Å². The topological polar surface area (TPSA) is 90.1 Å². The van der Waals surface area contributed by atoms with Crippen LogP contribution in [0.1, 0.15) is 61.3 Å². The molecule has 5 aromatic rings. The zero-order valence-corrected chi connectivity index (χ0v) is 30.9. The first kappa shape index (κ1) is 36.0. The number of para-hydroxylation sites is 1. The van der Waals surface area contributed by atoms with Gasteiger partial charge in [-0.3, -0.25) is 9.69 Å². The minimum atomic E-state index is -0.686. The fraction of sp³-hybridized carbons (Fsp3) is 0.349. The molecule has 2 fully saturated rings. The maximum absolute atomic E-state index is 14.6. The normalized spacial score (nSPS) is 16.4. The molecule has 0 radical (unpaired) electrons. The first-order valence-electron chi connectivity index (χ1n) is 18.4. The van der Waals surface area contributed by atoms with Crippen molar-refractivity contribution in [2.75, 3.05) is 51.3 Å². The number of nitrogens with one attached hydrogen (secondary N) is 2. The van der Waals surface area contributed by atoms with Gasteiger partial charge in [0.15, 0.2) is 0 Å². The van der Waals surface area contributed by atoms with Gasteiger partial charge >= 0.3 is 6.09 Å². The van der Waals surface area contributed by atoms with Crippen LogP contribution in [-0.4, -0.2) is 84.8 Å². The molecule has 2 N–H and O–H groups in total. The Kier molecular flexibility index (Phi) is 10.4. The summed E-state index contributed by atoms with van der Waals surface area (Å²) in [6.45, 7) is 10.8. The number of ether oxygens (including phenoxy) is 2. The van der Waals surface area contributed by atoms with Crippen LogP contribution in [0.4, 0.5) is 14.9 Å². The Morgan fingerprint density at radius 3 is 2.26 bits per heavy atom. The number of rotatable bonds is 8. The molecule has 4 aromatic carbocycles. The van der Waals surface area contributed by atoms with Gasteiger partial charge in [-0.25, -0.2) is 9.18 Å². The second-order valence-electron chi connectivity index (χ2n) is 15.0. The van der Waals surface area contributed by atoms with E-state index in [0.717, 1.165) is 66.7 Å². The molecule has 1 unspecified atom stereocenters. The molecule has 0 saturated carbocycles. The number of benzene rings is 4. The van der Waals surface area contributed by atoms with E-state index in [1.165, 1.54) is 24.9 Å². The van der Waals surface area contributed by atoms with E-state index in [0.29, 0.717) is 36.0 Å². The molecule has 0 aliphatic carbocycles. The van der Waals surface area contributed by atoms with Gasteiger partial charge in [-0.1, -0.05) is 42.5 Å². The van der Waals surface area contributed by atoms with Crippen molar-refractivity contribution in [3.05, 3.63) is 120 Å². The predicted octanol–water partition coefficient (Wildman–Crippen LogP) is 8.02. The number of methoxy groups -OCH3 is 1. The van der Waals surface area contributed by atoms with Gasteiger partial charge in [0.2, 0.25) is 0 Å². The van der Waals surface area contributed by atoms with E-state index in [9.17, 15) is 14.0 Å². The molecule has 0 spiro atoms. The summed E-state index contributed by atoms with van der Waals surface area (Å²) in [5.41, 5.74) is 5.30. The zero-order chi connectivity index (χ0) is 37.1. The highest BCUT2D eigenvalue weighted by Crippen LogP contribution is 2.33. The molecule has 1 aromatic heterocycles. The van der Waals surface area contributed by atoms with Gasteiger partial charge in [-0.05, 0) is 105 Å². The van der Waals surface area contributed by atoms with Crippen molar-refractivity contribution in [1.29, 1.82) is 0 Å². The van der Waals surface area contributed by atoms with Gasteiger partial charge in [0, 0.05) is 73.3 Å². The second kappa shape index (κ2) is 15.3. The lowest BCUT2D eigenvalue weighted by molar-refractivity contribution is 0.00901. The molecule has 2 saturated heterocycles. The van der Waals surface area contributed by atoms with Crippen molar-refractivity contribution in [1.82, 2.24) is 20.1 Å². The first-order chi connectivity index (χ1) is 25.5. The van der Waals surface area contributed by atoms with Crippen LogP contribution >= 0.6 is 0 Å². The third-order valence-corrected chi connectivity index (χ3v) is 10.3. The maximum atomic E-state index is 14.6. The molecule has 10 heteroatoms. The maximum Gasteiger partial charge on any atom is 0.410 e. The van der Waals surface area contributed by atoms with E-state index in [1.807, 2.05) is 74.2 Å². The van der Waals surface area contributed by atoms with Crippen LogP contribution in [0.25, 0.3) is 22.0 Å². The largest absolute Gasteiger partial charge is 0.496 e. The SMILES string of the molecule is COc1ccc(F)cc1C(NC(=O)c1cccc(-c2ccc(N3CCC(N4CCN(C(=O)OC(C)(C)C)CC4)CC3)cc2)c1)c1cc2ccccc2[nH]1. The number of aromatic amines is 1. The lowest BCUT2D eigenvalue weighted by Gasteiger charge is -2.43. The number of hydrogen-bond acceptors (Lipinski definition) is 6. The summed E-state index contributed by atoms with van der Waals surface area (Å²) in [7, 11) is 1.54. The van der Waals surface area contributed by atoms with Crippen molar-refractivity contribution in [2.45, 2.75) is 51.3 Å². The summed E-state index contributed by atoms with van der Waals surface area (Å²) in [6, 6.07) is 30.1. The molecule has 1 atom stereocenters. The van der Waals surface area contributed by atoms with Gasteiger partial charge in [0.25, 0.3) is 5.91 Å². The number of amides is 2. The van der Waals surface area contributed by atoms with E-state index < -0.39 is 17.5 Å². The number of halogens is 1. The summed E-state index contributed by atoms with van der Waals surface area (Å²) >= 11 is 0. The number of nitrogens with zero attached hydrogens (tertiary/aromatic N) is 3. The minimum absolute atomic E-state index is 0.220. The molecule has 0 bridgehead atoms. The Bertz CT molecular complexity index is 2020. The molecule has 3 heterocycles. The van der Waals surface area contributed by atoms with Crippen molar-refractivity contribution < 1.29 is 23.5 Å². The minimum Gasteiger partial charge on any atom is -0.496 e. The van der Waals surface area contributed by atoms with Crippen LogP contribution in [0.2, 0.25) is 0 Å². The van der Waals surface area contributed by atoms with E-state index in [4.69, 9.17) is 9.47 Å². The van der Waals surface area contributed by atoms with E-state index in [2.05, 4.69) is 44.4 Å². The standard InChI is InChI=1S/C43H48FN5O4/c1-43(2,3)53-42(51)49-24-22-48(23-25-49)35-18-20-47(21-19-35)34-15-12-29(13-16-34)30-9-7-10-32(26-30)41(50)46-40(36-28-33(44)14-17-39(36)52-4)38-27-31-8-5-6-11-37(31)45-38/h5-17,26-28,35,40,45H,18-25H2,1-4H3,(H,46,50). The molecular weight excluding hydrogens is 670 g/mol. The highest BCUT2D eigenvalue weighted by molar-refractivity contribution is 5.96. The van der Waals surface area contributed by atoms with Crippen LogP contribution in [0.3, 0.4) is 0 Å². The van der Waals surface area contributed by atoms with E-state index >= 15 is 0 Å². The molecule has 53 heavy (non-hydrogen) atoms. The molecule has 7 rings (SSSR count). The van der Waals surface area contributed by atoms with Crippen molar-refractivity contribution >= 4 is 28.6 Å². The van der Waals surface area contributed by atoms with Crippen LogP contribution in [0, 0.1) is 5.82 Å². The molecule has 2 amide bonds. The summed E-state index contributed by atoms with van der Waals surface area (Å²) in [4.78, 5) is 36.6. The van der Waals surface area contributed by atoms with Gasteiger partial charge in [-0.15, -0.1) is 0 Å². The number of H-pyrrole nitrogens is 1. The van der Waals surface area contributed by atoms with Crippen molar-refractivity contribution in [2.24, 2.45) is 0 Å². The fourth-order valence-corrected chi connectivity index (χ4v) is 7.51. The number of aromatic nitrogens is 1. The Hall–Kier alpha value is -5.35. The Labute approximate surface area is 310 Å². The number of carbonyl (C=O) groups is 2. The first-order valence-corrected chi connectivity index (χ1v) is 18.4. The average molecular weight is 718 g/mol.